The lowest BCUT2D eigenvalue weighted by molar-refractivity contribution is -0.00619. The van der Waals surface area contributed by atoms with Crippen molar-refractivity contribution in [1.82, 2.24) is 9.55 Å². The Morgan fingerprint density at radius 2 is 1.62 bits per heavy atom. The fourth-order valence-electron chi connectivity index (χ4n) is 4.08. The molecule has 2 aromatic carbocycles. The maximum Gasteiger partial charge on any atom is 0.477 e. The molecule has 0 atom stereocenters. The van der Waals surface area contributed by atoms with E-state index in [-0.39, 0.29) is 39.2 Å². The molecule has 2 aromatic heterocycles. The Morgan fingerprint density at radius 3 is 2.21 bits per heavy atom. The molecule has 3 N–H and O–H groups in total. The molecule has 0 aliphatic rings. The Kier molecular flexibility index (Phi) is 10.6. The number of phosphoric ester groups is 1. The van der Waals surface area contributed by atoms with Crippen LogP contribution in [0.5, 0.6) is 11.5 Å². The highest BCUT2D eigenvalue weighted by Crippen LogP contribution is 2.55. The maximum atomic E-state index is 15.0. The van der Waals surface area contributed by atoms with Gasteiger partial charge in [0.15, 0.2) is 17.3 Å². The molecule has 0 unspecified atom stereocenters. The van der Waals surface area contributed by atoms with Crippen molar-refractivity contribution in [2.45, 2.75) is 59.5 Å². The van der Waals surface area contributed by atoms with Gasteiger partial charge in [-0.15, -0.1) is 0 Å². The summed E-state index contributed by atoms with van der Waals surface area (Å²) in [4.78, 5) is 30.8. The number of carbonyl (C=O) groups excluding carboxylic acids is 1. The van der Waals surface area contributed by atoms with E-state index in [2.05, 4.69) is 10.3 Å². The fourth-order valence-corrected chi connectivity index (χ4v) is 5.99. The van der Waals surface area contributed by atoms with Gasteiger partial charge in [0.2, 0.25) is 5.43 Å². The van der Waals surface area contributed by atoms with Gasteiger partial charge in [-0.1, -0.05) is 23.7 Å². The van der Waals surface area contributed by atoms with Crippen molar-refractivity contribution in [3.05, 3.63) is 99.6 Å². The zero-order valence-electron chi connectivity index (χ0n) is 26.5. The number of amides is 1. The first kappa shape index (κ1) is 35.7. The number of benzene rings is 2. The van der Waals surface area contributed by atoms with Crippen LogP contribution in [-0.2, 0) is 24.9 Å². The highest BCUT2D eigenvalue weighted by atomic mass is 35.5. The second-order valence-electron chi connectivity index (χ2n) is 12.3. The molecule has 0 radical (unpaired) electrons. The van der Waals surface area contributed by atoms with E-state index in [1.165, 1.54) is 53.5 Å². The Bertz CT molecular complexity index is 1870. The van der Waals surface area contributed by atoms with Crippen LogP contribution < -0.4 is 21.2 Å². The molecule has 0 aliphatic carbocycles. The molecule has 2 heterocycles. The van der Waals surface area contributed by atoms with Gasteiger partial charge < -0.3 is 20.4 Å². The Balaban J connectivity index is 1.66. The molecule has 4 aromatic rings. The molecule has 47 heavy (non-hydrogen) atoms. The molecular formula is C32H34ClF2N4O7P. The van der Waals surface area contributed by atoms with Gasteiger partial charge in [0.05, 0.1) is 11.2 Å². The first-order valence-corrected chi connectivity index (χ1v) is 16.0. The van der Waals surface area contributed by atoms with E-state index in [4.69, 9.17) is 35.6 Å². The van der Waals surface area contributed by atoms with E-state index < -0.39 is 48.7 Å². The first-order chi connectivity index (χ1) is 21.8. The van der Waals surface area contributed by atoms with Crippen LogP contribution in [0.15, 0.2) is 71.9 Å². The SMILES string of the molecule is CC(C)(C)OP(=O)(OCn1cc(C(=O)Nc2ccc(Oc3ccnc(N)c3Cl)c(F)c2)c(=O)c(-c2ccc(F)cc2)c1)OC(C)(C)C. The number of hydrogen-bond acceptors (Lipinski definition) is 9. The lowest BCUT2D eigenvalue weighted by atomic mass is 10.0. The Labute approximate surface area is 275 Å². The number of pyridine rings is 2. The van der Waals surface area contributed by atoms with E-state index in [1.54, 1.807) is 41.5 Å². The van der Waals surface area contributed by atoms with Crippen LogP contribution >= 0.6 is 19.4 Å². The molecule has 0 bridgehead atoms. The molecule has 11 nitrogen and oxygen atoms in total. The molecule has 1 amide bonds. The molecule has 0 saturated heterocycles. The monoisotopic (exact) mass is 690 g/mol. The number of halogens is 3. The zero-order chi connectivity index (χ0) is 34.7. The fraction of sp³-hybridized carbons (Fsp3) is 0.281. The van der Waals surface area contributed by atoms with Crippen molar-refractivity contribution >= 4 is 36.8 Å². The van der Waals surface area contributed by atoms with Crippen LogP contribution in [-0.4, -0.2) is 26.7 Å². The second kappa shape index (κ2) is 13.9. The summed E-state index contributed by atoms with van der Waals surface area (Å²) in [6.45, 7) is 9.58. The molecule has 15 heteroatoms. The lowest BCUT2D eigenvalue weighted by Gasteiger charge is -2.31. The third-order valence-corrected chi connectivity index (χ3v) is 8.26. The second-order valence-corrected chi connectivity index (χ2v) is 14.2. The minimum absolute atomic E-state index is 0.00124. The number of nitrogens with zero attached hydrogens (tertiary/aromatic N) is 2. The summed E-state index contributed by atoms with van der Waals surface area (Å²) in [5.41, 5.74) is 3.05. The highest BCUT2D eigenvalue weighted by molar-refractivity contribution is 7.48. The van der Waals surface area contributed by atoms with Crippen LogP contribution in [0, 0.1) is 11.6 Å². The van der Waals surface area contributed by atoms with Crippen molar-refractivity contribution < 1.29 is 36.4 Å². The van der Waals surface area contributed by atoms with Crippen LogP contribution in [0.1, 0.15) is 51.9 Å². The van der Waals surface area contributed by atoms with Crippen LogP contribution in [0.4, 0.5) is 20.3 Å². The number of rotatable bonds is 10. The summed E-state index contributed by atoms with van der Waals surface area (Å²) in [7, 11) is -4.19. The lowest BCUT2D eigenvalue weighted by Crippen LogP contribution is -2.26. The van der Waals surface area contributed by atoms with Gasteiger partial charge in [-0.05, 0) is 71.4 Å². The summed E-state index contributed by atoms with van der Waals surface area (Å²) >= 11 is 6.08. The molecule has 0 fully saturated rings. The van der Waals surface area contributed by atoms with E-state index in [0.717, 1.165) is 18.2 Å². The number of phosphoric acid groups is 1. The van der Waals surface area contributed by atoms with Gasteiger partial charge in [-0.25, -0.2) is 18.3 Å². The number of aromatic nitrogens is 2. The number of ether oxygens (including phenoxy) is 1. The number of nitrogens with one attached hydrogen (secondary N) is 1. The summed E-state index contributed by atoms with van der Waals surface area (Å²) in [6, 6.07) is 10.0. The molecule has 4 rings (SSSR count). The van der Waals surface area contributed by atoms with Gasteiger partial charge in [0, 0.05) is 42.0 Å². The first-order valence-electron chi connectivity index (χ1n) is 14.2. The Hall–Kier alpha value is -4.13. The van der Waals surface area contributed by atoms with Crippen molar-refractivity contribution in [2.24, 2.45) is 0 Å². The summed E-state index contributed by atoms with van der Waals surface area (Å²) in [6.07, 6.45) is 3.87. The topological polar surface area (TPSA) is 144 Å². The van der Waals surface area contributed by atoms with Gasteiger partial charge in [0.1, 0.15) is 29.0 Å². The smallest absolute Gasteiger partial charge is 0.453 e. The van der Waals surface area contributed by atoms with Gasteiger partial charge in [-0.3, -0.25) is 23.2 Å². The standard InChI is InChI=1S/C32H34ClF2N4O7P/c1-31(2,3)45-47(42,46-32(4,5)6)43-18-39-16-22(19-7-9-20(34)10-8-19)28(40)23(17-39)30(41)38-21-11-12-25(24(35)15-21)44-26-13-14-37-29(36)27(26)33/h7-17H,18H2,1-6H3,(H2,36,37)(H,38,41). The van der Waals surface area contributed by atoms with Crippen LogP contribution in [0.25, 0.3) is 11.1 Å². The van der Waals surface area contributed by atoms with E-state index in [0.29, 0.717) is 5.56 Å². The molecule has 250 valence electrons. The van der Waals surface area contributed by atoms with E-state index in [1.807, 2.05) is 0 Å². The van der Waals surface area contributed by atoms with Crippen LogP contribution in [0.3, 0.4) is 0 Å². The molecule has 0 spiro atoms. The largest absolute Gasteiger partial charge is 0.477 e. The van der Waals surface area contributed by atoms with Crippen molar-refractivity contribution in [3.63, 3.8) is 0 Å². The average Bonchev–Trinajstić information content (AvgIpc) is 2.94. The third-order valence-electron chi connectivity index (χ3n) is 5.91. The van der Waals surface area contributed by atoms with E-state index >= 15 is 0 Å². The minimum atomic E-state index is -4.19. The normalized spacial score (nSPS) is 12.2. The zero-order valence-corrected chi connectivity index (χ0v) is 28.1. The van der Waals surface area contributed by atoms with Gasteiger partial charge in [0.25, 0.3) is 5.91 Å². The number of anilines is 2. The predicted molar refractivity (Wildman–Crippen MR) is 175 cm³/mol. The summed E-state index contributed by atoms with van der Waals surface area (Å²) < 4.78 is 66.1. The number of hydrogen-bond donors (Lipinski definition) is 2. The molecule has 0 aliphatic heterocycles. The average molecular weight is 691 g/mol. The van der Waals surface area contributed by atoms with Gasteiger partial charge >= 0.3 is 7.82 Å². The number of carbonyl (C=O) groups is 1. The minimum Gasteiger partial charge on any atom is -0.453 e. The number of nitrogens with two attached hydrogens (primary N) is 1. The summed E-state index contributed by atoms with van der Waals surface area (Å²) in [5, 5.41) is 2.49. The maximum absolute atomic E-state index is 15.0. The van der Waals surface area contributed by atoms with Crippen molar-refractivity contribution in [3.8, 4) is 22.6 Å². The van der Waals surface area contributed by atoms with Crippen LogP contribution in [0.2, 0.25) is 5.02 Å². The van der Waals surface area contributed by atoms with E-state index in [9.17, 15) is 22.9 Å². The van der Waals surface area contributed by atoms with Crippen molar-refractivity contribution in [1.29, 1.82) is 0 Å². The Morgan fingerprint density at radius 1 is 0.979 bits per heavy atom. The number of nitrogen functional groups attached to an aromatic ring is 1. The highest BCUT2D eigenvalue weighted by Gasteiger charge is 2.37. The predicted octanol–water partition coefficient (Wildman–Crippen LogP) is 8.18. The quantitative estimate of drug-likeness (QED) is 0.157. The van der Waals surface area contributed by atoms with Gasteiger partial charge in [-0.2, -0.15) is 0 Å². The third kappa shape index (κ3) is 9.69. The molecule has 0 saturated carbocycles. The molecular weight excluding hydrogens is 657 g/mol. The van der Waals surface area contributed by atoms with Crippen molar-refractivity contribution in [2.75, 3.05) is 11.1 Å². The summed E-state index contributed by atoms with van der Waals surface area (Å²) in [5.74, 6) is -2.43.